The maximum atomic E-state index is 12.5. The van der Waals surface area contributed by atoms with E-state index in [1.807, 2.05) is 0 Å². The Balaban J connectivity index is 1.67. The molecule has 0 fully saturated rings. The van der Waals surface area contributed by atoms with Crippen LogP contribution in [0.4, 0.5) is 5.69 Å². The molecule has 0 spiro atoms. The number of rotatable bonds is 8. The second-order valence-corrected chi connectivity index (χ2v) is 8.26. The molecule has 9 nitrogen and oxygen atoms in total. The average molecular weight is 455 g/mol. The van der Waals surface area contributed by atoms with Gasteiger partial charge in [-0.3, -0.25) is 14.5 Å². The van der Waals surface area contributed by atoms with Crippen molar-refractivity contribution in [3.8, 4) is 5.75 Å². The van der Waals surface area contributed by atoms with Crippen LogP contribution in [-0.4, -0.2) is 39.5 Å². The predicted molar refractivity (Wildman–Crippen MR) is 117 cm³/mol. The van der Waals surface area contributed by atoms with Gasteiger partial charge in [-0.15, -0.1) is 0 Å². The highest BCUT2D eigenvalue weighted by atomic mass is 32.2. The standard InChI is InChI=1S/C22H21N3O6S/c1-30-20-8-3-15(13-19(20)22(27)31-2)14-24-21(26)16-4-6-18(7-5-16)32(28,29)25-17-9-11-23-12-10-17/h3-13H,14H2,1-2H3,(H,23,25)(H,24,26). The Kier molecular flexibility index (Phi) is 7.06. The largest absolute Gasteiger partial charge is 0.496 e. The smallest absolute Gasteiger partial charge is 0.341 e. The van der Waals surface area contributed by atoms with Crippen molar-refractivity contribution >= 4 is 27.6 Å². The molecule has 1 aromatic heterocycles. The number of aromatic nitrogens is 1. The molecule has 0 radical (unpaired) electrons. The number of amides is 1. The van der Waals surface area contributed by atoms with Gasteiger partial charge >= 0.3 is 5.97 Å². The van der Waals surface area contributed by atoms with E-state index < -0.39 is 21.9 Å². The molecule has 166 valence electrons. The third kappa shape index (κ3) is 5.41. The second-order valence-electron chi connectivity index (χ2n) is 6.57. The minimum absolute atomic E-state index is 0.0173. The van der Waals surface area contributed by atoms with Crippen LogP contribution in [0.3, 0.4) is 0 Å². The lowest BCUT2D eigenvalue weighted by Crippen LogP contribution is -2.23. The highest BCUT2D eigenvalue weighted by molar-refractivity contribution is 7.92. The molecule has 1 heterocycles. The van der Waals surface area contributed by atoms with E-state index in [4.69, 9.17) is 9.47 Å². The zero-order chi connectivity index (χ0) is 23.1. The Bertz CT molecular complexity index is 1210. The Labute approximate surface area is 185 Å². The molecule has 0 atom stereocenters. The molecular weight excluding hydrogens is 434 g/mol. The quantitative estimate of drug-likeness (QED) is 0.500. The predicted octanol–water partition coefficient (Wildman–Crippen LogP) is 2.61. The number of hydrogen-bond acceptors (Lipinski definition) is 7. The molecule has 10 heteroatoms. The number of ether oxygens (including phenoxy) is 2. The molecule has 2 N–H and O–H groups in total. The average Bonchev–Trinajstić information content (AvgIpc) is 2.82. The van der Waals surface area contributed by atoms with Crippen molar-refractivity contribution in [1.82, 2.24) is 10.3 Å². The molecule has 1 amide bonds. The van der Waals surface area contributed by atoms with Crippen LogP contribution < -0.4 is 14.8 Å². The van der Waals surface area contributed by atoms with Crippen molar-refractivity contribution in [2.75, 3.05) is 18.9 Å². The summed E-state index contributed by atoms with van der Waals surface area (Å²) in [5.74, 6) is -0.581. The van der Waals surface area contributed by atoms with Crippen LogP contribution in [-0.2, 0) is 21.3 Å². The monoisotopic (exact) mass is 455 g/mol. The van der Waals surface area contributed by atoms with Gasteiger partial charge in [0.25, 0.3) is 15.9 Å². The van der Waals surface area contributed by atoms with E-state index in [0.29, 0.717) is 17.0 Å². The van der Waals surface area contributed by atoms with Gasteiger partial charge in [-0.05, 0) is 54.1 Å². The van der Waals surface area contributed by atoms with Crippen LogP contribution in [0.15, 0.2) is 71.9 Å². The Morgan fingerprint density at radius 3 is 2.28 bits per heavy atom. The van der Waals surface area contributed by atoms with Crippen LogP contribution in [0.2, 0.25) is 0 Å². The van der Waals surface area contributed by atoms with Crippen molar-refractivity contribution < 1.29 is 27.5 Å². The van der Waals surface area contributed by atoms with Crippen LogP contribution in [0, 0.1) is 0 Å². The van der Waals surface area contributed by atoms with Crippen LogP contribution in [0.25, 0.3) is 0 Å². The van der Waals surface area contributed by atoms with Crippen LogP contribution >= 0.6 is 0 Å². The molecule has 3 rings (SSSR count). The second kappa shape index (κ2) is 9.92. The topological polar surface area (TPSA) is 124 Å². The van der Waals surface area contributed by atoms with Gasteiger partial charge in [0.2, 0.25) is 0 Å². The van der Waals surface area contributed by atoms with E-state index in [-0.39, 0.29) is 22.6 Å². The molecular formula is C22H21N3O6S. The number of hydrogen-bond donors (Lipinski definition) is 2. The molecule has 0 unspecified atom stereocenters. The third-order valence-corrected chi connectivity index (χ3v) is 5.88. The van der Waals surface area contributed by atoms with Gasteiger partial charge in [0.1, 0.15) is 11.3 Å². The van der Waals surface area contributed by atoms with Crippen molar-refractivity contribution in [2.24, 2.45) is 0 Å². The third-order valence-electron chi connectivity index (χ3n) is 4.48. The summed E-state index contributed by atoms with van der Waals surface area (Å²) in [7, 11) is -1.08. The fourth-order valence-corrected chi connectivity index (χ4v) is 3.90. The lowest BCUT2D eigenvalue weighted by atomic mass is 10.1. The number of esters is 1. The maximum Gasteiger partial charge on any atom is 0.341 e. The fraction of sp³-hybridized carbons (Fsp3) is 0.136. The van der Waals surface area contributed by atoms with Gasteiger partial charge in [0.15, 0.2) is 0 Å². The summed E-state index contributed by atoms with van der Waals surface area (Å²) in [5, 5.41) is 2.73. The first kappa shape index (κ1) is 22.8. The van der Waals surface area contributed by atoms with Gasteiger partial charge in [0, 0.05) is 24.5 Å². The summed E-state index contributed by atoms with van der Waals surface area (Å²) in [6.45, 7) is 0.149. The van der Waals surface area contributed by atoms with Crippen molar-refractivity contribution in [3.63, 3.8) is 0 Å². The summed E-state index contributed by atoms with van der Waals surface area (Å²) >= 11 is 0. The van der Waals surface area contributed by atoms with Crippen molar-refractivity contribution in [2.45, 2.75) is 11.4 Å². The summed E-state index contributed by atoms with van der Waals surface area (Å²) in [5.41, 5.74) is 1.58. The van der Waals surface area contributed by atoms with E-state index in [1.165, 1.54) is 63.0 Å². The zero-order valence-electron chi connectivity index (χ0n) is 17.4. The van der Waals surface area contributed by atoms with Gasteiger partial charge < -0.3 is 14.8 Å². The van der Waals surface area contributed by atoms with E-state index in [1.54, 1.807) is 18.2 Å². The first-order chi connectivity index (χ1) is 15.3. The number of methoxy groups -OCH3 is 2. The lowest BCUT2D eigenvalue weighted by Gasteiger charge is -2.11. The molecule has 0 saturated heterocycles. The number of sulfonamides is 1. The summed E-state index contributed by atoms with van der Waals surface area (Å²) in [4.78, 5) is 28.2. The van der Waals surface area contributed by atoms with Gasteiger partial charge in [-0.2, -0.15) is 0 Å². The number of benzene rings is 2. The molecule has 0 aliphatic carbocycles. The Morgan fingerprint density at radius 1 is 0.969 bits per heavy atom. The molecule has 0 aliphatic heterocycles. The minimum Gasteiger partial charge on any atom is -0.496 e. The zero-order valence-corrected chi connectivity index (χ0v) is 18.2. The van der Waals surface area contributed by atoms with Gasteiger partial charge in [-0.1, -0.05) is 6.07 Å². The van der Waals surface area contributed by atoms with Gasteiger partial charge in [0.05, 0.1) is 24.8 Å². The highest BCUT2D eigenvalue weighted by Crippen LogP contribution is 2.21. The van der Waals surface area contributed by atoms with Crippen LogP contribution in [0.5, 0.6) is 5.75 Å². The molecule has 0 saturated carbocycles. The van der Waals surface area contributed by atoms with E-state index in [2.05, 4.69) is 15.0 Å². The number of nitrogens with zero attached hydrogens (tertiary/aromatic N) is 1. The van der Waals surface area contributed by atoms with E-state index in [9.17, 15) is 18.0 Å². The highest BCUT2D eigenvalue weighted by Gasteiger charge is 2.16. The SMILES string of the molecule is COC(=O)c1cc(CNC(=O)c2ccc(S(=O)(=O)Nc3ccncc3)cc2)ccc1OC. The van der Waals surface area contributed by atoms with E-state index >= 15 is 0 Å². The minimum atomic E-state index is -3.80. The molecule has 2 aromatic carbocycles. The first-order valence-electron chi connectivity index (χ1n) is 9.40. The maximum absolute atomic E-state index is 12.5. The summed E-state index contributed by atoms with van der Waals surface area (Å²) in [6.07, 6.45) is 2.95. The number of nitrogens with one attached hydrogen (secondary N) is 2. The fourth-order valence-electron chi connectivity index (χ4n) is 2.84. The number of pyridine rings is 1. The lowest BCUT2D eigenvalue weighted by molar-refractivity contribution is 0.0597. The molecule has 0 aliphatic rings. The van der Waals surface area contributed by atoms with Crippen molar-refractivity contribution in [3.05, 3.63) is 83.7 Å². The molecule has 32 heavy (non-hydrogen) atoms. The normalized spacial score (nSPS) is 10.8. The summed E-state index contributed by atoms with van der Waals surface area (Å²) in [6, 6.07) is 13.5. The Morgan fingerprint density at radius 2 is 1.66 bits per heavy atom. The molecule has 0 bridgehead atoms. The molecule has 3 aromatic rings. The number of anilines is 1. The van der Waals surface area contributed by atoms with Crippen molar-refractivity contribution in [1.29, 1.82) is 0 Å². The van der Waals surface area contributed by atoms with E-state index in [0.717, 1.165) is 0 Å². The first-order valence-corrected chi connectivity index (χ1v) is 10.9. The Hall–Kier alpha value is -3.92. The number of carbonyl (C=O) groups excluding carboxylic acids is 2. The van der Waals surface area contributed by atoms with Gasteiger partial charge in [-0.25, -0.2) is 13.2 Å². The summed E-state index contributed by atoms with van der Waals surface area (Å²) < 4.78 is 37.3. The van der Waals surface area contributed by atoms with Crippen LogP contribution in [0.1, 0.15) is 26.3 Å². The number of carbonyl (C=O) groups is 2.